The fraction of sp³-hybridized carbons (Fsp3) is 1.00. The van der Waals surface area contributed by atoms with E-state index in [1.54, 1.807) is 7.11 Å². The predicted molar refractivity (Wildman–Crippen MR) is 35.1 cm³/mol. The van der Waals surface area contributed by atoms with Crippen molar-refractivity contribution in [3.05, 3.63) is 10.4 Å². The molecule has 4 nitrogen and oxygen atoms in total. The molecule has 0 saturated heterocycles. The summed E-state index contributed by atoms with van der Waals surface area (Å²) in [5.74, 6) is 0. The lowest BCUT2D eigenvalue weighted by atomic mass is 10.3. The summed E-state index contributed by atoms with van der Waals surface area (Å²) >= 11 is 0. The maximum absolute atomic E-state index is 8.00. The van der Waals surface area contributed by atoms with Crippen LogP contribution in [0.4, 0.5) is 0 Å². The number of methoxy groups -OCH3 is 1. The summed E-state index contributed by atoms with van der Waals surface area (Å²) in [6.45, 7) is 2.47. The minimum Gasteiger partial charge on any atom is -0.384 e. The van der Waals surface area contributed by atoms with E-state index in [0.29, 0.717) is 6.61 Å². The summed E-state index contributed by atoms with van der Waals surface area (Å²) in [5, 5.41) is 3.49. The van der Waals surface area contributed by atoms with Crippen molar-refractivity contribution in [3.8, 4) is 0 Å². The van der Waals surface area contributed by atoms with E-state index in [-0.39, 0.29) is 6.04 Å². The Balaban J connectivity index is 3.53. The van der Waals surface area contributed by atoms with E-state index in [0.717, 1.165) is 6.42 Å². The lowest BCUT2D eigenvalue weighted by Gasteiger charge is -2.03. The Hall–Kier alpha value is -0.730. The van der Waals surface area contributed by atoms with Crippen molar-refractivity contribution in [2.75, 3.05) is 13.7 Å². The first-order chi connectivity index (χ1) is 4.35. The Labute approximate surface area is 54.4 Å². The second-order valence-electron chi connectivity index (χ2n) is 1.72. The van der Waals surface area contributed by atoms with E-state index in [4.69, 9.17) is 10.3 Å². The zero-order chi connectivity index (χ0) is 7.11. The van der Waals surface area contributed by atoms with Gasteiger partial charge in [0.1, 0.15) is 0 Å². The molecule has 0 amide bonds. The molecule has 0 spiro atoms. The molecule has 1 atom stereocenters. The molecule has 0 aliphatic heterocycles. The Morgan fingerprint density at radius 1 is 1.78 bits per heavy atom. The molecule has 9 heavy (non-hydrogen) atoms. The number of nitrogens with zero attached hydrogens (tertiary/aromatic N) is 3. The molecular formula is C5H11N3O. The van der Waals surface area contributed by atoms with Crippen molar-refractivity contribution in [2.24, 2.45) is 5.11 Å². The van der Waals surface area contributed by atoms with E-state index in [2.05, 4.69) is 10.0 Å². The third-order valence-electron chi connectivity index (χ3n) is 1.05. The highest BCUT2D eigenvalue weighted by molar-refractivity contribution is 4.62. The number of ether oxygens (including phenoxy) is 1. The van der Waals surface area contributed by atoms with Crippen molar-refractivity contribution >= 4 is 0 Å². The highest BCUT2D eigenvalue weighted by Crippen LogP contribution is 1.96. The van der Waals surface area contributed by atoms with Crippen molar-refractivity contribution in [1.82, 2.24) is 0 Å². The van der Waals surface area contributed by atoms with Gasteiger partial charge in [0.15, 0.2) is 0 Å². The molecule has 0 aromatic carbocycles. The summed E-state index contributed by atoms with van der Waals surface area (Å²) in [6, 6.07) is -0.000000000000000222. The first kappa shape index (κ1) is 8.27. The van der Waals surface area contributed by atoms with Gasteiger partial charge in [0.25, 0.3) is 0 Å². The second-order valence-corrected chi connectivity index (χ2v) is 1.72. The van der Waals surface area contributed by atoms with E-state index < -0.39 is 0 Å². The van der Waals surface area contributed by atoms with Crippen LogP contribution in [-0.2, 0) is 4.74 Å². The van der Waals surface area contributed by atoms with Gasteiger partial charge in [-0.2, -0.15) is 0 Å². The summed E-state index contributed by atoms with van der Waals surface area (Å²) in [7, 11) is 1.59. The molecule has 0 rings (SSSR count). The monoisotopic (exact) mass is 129 g/mol. The molecule has 0 heterocycles. The molecule has 0 aromatic heterocycles. The molecule has 0 aromatic rings. The summed E-state index contributed by atoms with van der Waals surface area (Å²) in [5.41, 5.74) is 8.00. The predicted octanol–water partition coefficient (Wildman–Crippen LogP) is 1.72. The fourth-order valence-electron chi connectivity index (χ4n) is 0.498. The van der Waals surface area contributed by atoms with Crippen LogP contribution in [0, 0.1) is 0 Å². The van der Waals surface area contributed by atoms with E-state index in [1.165, 1.54) is 0 Å². The minimum atomic E-state index is -0.000000000000000222. The summed E-state index contributed by atoms with van der Waals surface area (Å²) < 4.78 is 4.78. The largest absolute Gasteiger partial charge is 0.384 e. The van der Waals surface area contributed by atoms with Crippen molar-refractivity contribution in [2.45, 2.75) is 19.4 Å². The molecule has 1 unspecified atom stereocenters. The van der Waals surface area contributed by atoms with Gasteiger partial charge in [0.2, 0.25) is 0 Å². The maximum atomic E-state index is 8.00. The molecule has 0 saturated carbocycles. The Kier molecular flexibility index (Phi) is 4.97. The molecule has 0 bridgehead atoms. The van der Waals surface area contributed by atoms with Crippen LogP contribution in [0.15, 0.2) is 5.11 Å². The quantitative estimate of drug-likeness (QED) is 0.324. The molecule has 52 valence electrons. The topological polar surface area (TPSA) is 58.0 Å². The Morgan fingerprint density at radius 3 is 2.78 bits per heavy atom. The second kappa shape index (κ2) is 5.41. The number of rotatable bonds is 4. The lowest BCUT2D eigenvalue weighted by molar-refractivity contribution is 0.179. The number of azide groups is 1. The highest BCUT2D eigenvalue weighted by atomic mass is 16.5. The van der Waals surface area contributed by atoms with Gasteiger partial charge in [-0.1, -0.05) is 12.0 Å². The number of hydrogen-bond donors (Lipinski definition) is 0. The zero-order valence-corrected chi connectivity index (χ0v) is 5.74. The van der Waals surface area contributed by atoms with Crippen LogP contribution >= 0.6 is 0 Å². The molecule has 0 N–H and O–H groups in total. The van der Waals surface area contributed by atoms with E-state index in [9.17, 15) is 0 Å². The average Bonchev–Trinajstić information content (AvgIpc) is 1.88. The average molecular weight is 129 g/mol. The van der Waals surface area contributed by atoms with Gasteiger partial charge in [-0.25, -0.2) is 0 Å². The van der Waals surface area contributed by atoms with Crippen LogP contribution in [0.1, 0.15) is 13.3 Å². The van der Waals surface area contributed by atoms with Crippen LogP contribution in [0.25, 0.3) is 10.4 Å². The van der Waals surface area contributed by atoms with Crippen LogP contribution in [0.5, 0.6) is 0 Å². The molecule has 0 aliphatic rings. The van der Waals surface area contributed by atoms with Crippen LogP contribution < -0.4 is 0 Å². The van der Waals surface area contributed by atoms with Crippen LogP contribution in [-0.4, -0.2) is 19.8 Å². The van der Waals surface area contributed by atoms with Gasteiger partial charge in [-0.3, -0.25) is 0 Å². The van der Waals surface area contributed by atoms with Crippen LogP contribution in [0.2, 0.25) is 0 Å². The minimum absolute atomic E-state index is 0.000000000000000222. The Morgan fingerprint density at radius 2 is 2.44 bits per heavy atom. The van der Waals surface area contributed by atoms with Gasteiger partial charge < -0.3 is 4.74 Å². The van der Waals surface area contributed by atoms with Crippen molar-refractivity contribution in [1.29, 1.82) is 0 Å². The van der Waals surface area contributed by atoms with Crippen molar-refractivity contribution in [3.63, 3.8) is 0 Å². The van der Waals surface area contributed by atoms with E-state index in [1.807, 2.05) is 6.92 Å². The smallest absolute Gasteiger partial charge is 0.0605 e. The van der Waals surface area contributed by atoms with Gasteiger partial charge in [0.05, 0.1) is 12.6 Å². The summed E-state index contributed by atoms with van der Waals surface area (Å²) in [4.78, 5) is 2.67. The third-order valence-corrected chi connectivity index (χ3v) is 1.05. The first-order valence-corrected chi connectivity index (χ1v) is 2.88. The SMILES string of the molecule is CCC(COC)N=[N+]=[N-]. The first-order valence-electron chi connectivity index (χ1n) is 2.88. The maximum Gasteiger partial charge on any atom is 0.0605 e. The Bertz CT molecular complexity index is 109. The van der Waals surface area contributed by atoms with Gasteiger partial charge in [0, 0.05) is 12.0 Å². The fourth-order valence-corrected chi connectivity index (χ4v) is 0.498. The normalized spacial score (nSPS) is 12.2. The van der Waals surface area contributed by atoms with Crippen molar-refractivity contribution < 1.29 is 4.74 Å². The van der Waals surface area contributed by atoms with E-state index >= 15 is 0 Å². The standard InChI is InChI=1S/C5H11N3O/c1-3-5(4-9-2)7-8-6/h5H,3-4H2,1-2H3. The lowest BCUT2D eigenvalue weighted by Crippen LogP contribution is -2.08. The molecule has 0 aliphatic carbocycles. The molecular weight excluding hydrogens is 118 g/mol. The third kappa shape index (κ3) is 3.82. The molecule has 4 heteroatoms. The molecule has 0 fully saturated rings. The highest BCUT2D eigenvalue weighted by Gasteiger charge is 1.99. The molecule has 0 radical (unpaired) electrons. The van der Waals surface area contributed by atoms with Gasteiger partial charge in [-0.15, -0.1) is 0 Å². The number of hydrogen-bond acceptors (Lipinski definition) is 2. The van der Waals surface area contributed by atoms with Gasteiger partial charge >= 0.3 is 0 Å². The van der Waals surface area contributed by atoms with Gasteiger partial charge in [-0.05, 0) is 12.0 Å². The van der Waals surface area contributed by atoms with Crippen LogP contribution in [0.3, 0.4) is 0 Å². The zero-order valence-electron chi connectivity index (χ0n) is 5.74. The summed E-state index contributed by atoms with van der Waals surface area (Å²) in [6.07, 6.45) is 0.831.